The molecule has 0 unspecified atom stereocenters. The van der Waals surface area contributed by atoms with E-state index in [1.165, 1.54) is 13.4 Å². The van der Waals surface area contributed by atoms with Crippen LogP contribution in [0.1, 0.15) is 24.5 Å². The molecule has 0 atom stereocenters. The molecule has 1 aliphatic rings. The van der Waals surface area contributed by atoms with Crippen LogP contribution >= 0.6 is 0 Å². The Hall–Kier alpha value is -1.10. The highest BCUT2D eigenvalue weighted by Crippen LogP contribution is 2.38. The molecule has 0 aliphatic heterocycles. The van der Waals surface area contributed by atoms with Crippen molar-refractivity contribution in [2.24, 2.45) is 0 Å². The molecule has 0 spiro atoms. The predicted molar refractivity (Wildman–Crippen MR) is 48.2 cm³/mol. The zero-order valence-electron chi connectivity index (χ0n) is 7.40. The van der Waals surface area contributed by atoms with Gasteiger partial charge in [0.25, 0.3) is 0 Å². The second-order valence-electron chi connectivity index (χ2n) is 3.09. The molecular weight excluding hydrogens is 167 g/mol. The van der Waals surface area contributed by atoms with Crippen LogP contribution in [0.15, 0.2) is 6.33 Å². The molecule has 1 saturated carbocycles. The Morgan fingerprint density at radius 1 is 1.54 bits per heavy atom. The molecule has 1 aromatic heterocycles. The third-order valence-corrected chi connectivity index (χ3v) is 2.16. The van der Waals surface area contributed by atoms with E-state index >= 15 is 0 Å². The first-order valence-corrected chi connectivity index (χ1v) is 4.23. The second kappa shape index (κ2) is 3.34. The van der Waals surface area contributed by atoms with Gasteiger partial charge in [0.1, 0.15) is 6.33 Å². The average Bonchev–Trinajstić information content (AvgIpc) is 2.99. The van der Waals surface area contributed by atoms with E-state index in [0.717, 1.165) is 26.0 Å². The highest BCUT2D eigenvalue weighted by atomic mass is 16.5. The van der Waals surface area contributed by atoms with Gasteiger partial charge in [-0.25, -0.2) is 9.97 Å². The van der Waals surface area contributed by atoms with Crippen molar-refractivity contribution >= 4 is 12.9 Å². The Morgan fingerprint density at radius 2 is 2.31 bits per heavy atom. The fourth-order valence-electron chi connectivity index (χ4n) is 1.36. The first kappa shape index (κ1) is 8.50. The molecule has 1 N–H and O–H groups in total. The van der Waals surface area contributed by atoms with Crippen molar-refractivity contribution in [1.82, 2.24) is 9.97 Å². The van der Waals surface area contributed by atoms with E-state index in [4.69, 9.17) is 9.76 Å². The fourth-order valence-corrected chi connectivity index (χ4v) is 1.36. The number of rotatable bonds is 3. The van der Waals surface area contributed by atoms with Crippen molar-refractivity contribution < 1.29 is 9.76 Å². The van der Waals surface area contributed by atoms with E-state index in [1.54, 1.807) is 0 Å². The van der Waals surface area contributed by atoms with Crippen LogP contribution in [0.5, 0.6) is 5.88 Å². The minimum Gasteiger partial charge on any atom is -0.481 e. The molecule has 5 heteroatoms. The summed E-state index contributed by atoms with van der Waals surface area (Å²) >= 11 is 0. The van der Waals surface area contributed by atoms with Crippen molar-refractivity contribution in [1.29, 1.82) is 0 Å². The van der Waals surface area contributed by atoms with Crippen LogP contribution in [-0.2, 0) is 0 Å². The lowest BCUT2D eigenvalue weighted by Gasteiger charge is -2.07. The fraction of sp³-hybridized carbons (Fsp3) is 0.500. The highest BCUT2D eigenvalue weighted by Gasteiger charge is 2.29. The normalized spacial score (nSPS) is 15.5. The molecule has 0 saturated heterocycles. The van der Waals surface area contributed by atoms with Crippen LogP contribution in [0.4, 0.5) is 0 Å². The molecule has 1 aliphatic carbocycles. The van der Waals surface area contributed by atoms with E-state index in [2.05, 4.69) is 9.97 Å². The zero-order chi connectivity index (χ0) is 9.26. The van der Waals surface area contributed by atoms with Crippen molar-refractivity contribution in [3.63, 3.8) is 0 Å². The molecule has 4 nitrogen and oxygen atoms in total. The topological polar surface area (TPSA) is 55.2 Å². The molecule has 1 fully saturated rings. The minimum atomic E-state index is 0.444. The number of hydrogen-bond acceptors (Lipinski definition) is 4. The Kier molecular flexibility index (Phi) is 2.18. The van der Waals surface area contributed by atoms with E-state index < -0.39 is 0 Å². The van der Waals surface area contributed by atoms with Gasteiger partial charge in [-0.05, 0) is 12.8 Å². The molecule has 2 rings (SSSR count). The van der Waals surface area contributed by atoms with Gasteiger partial charge in [0.15, 0.2) is 0 Å². The zero-order valence-corrected chi connectivity index (χ0v) is 7.40. The third kappa shape index (κ3) is 1.51. The van der Waals surface area contributed by atoms with Crippen molar-refractivity contribution in [2.45, 2.75) is 18.8 Å². The first-order chi connectivity index (χ1) is 6.36. The Bertz CT molecular complexity index is 315. The molecule has 0 amide bonds. The molecule has 1 aromatic rings. The summed E-state index contributed by atoms with van der Waals surface area (Å²) in [5.41, 5.74) is 1.52. The first-order valence-electron chi connectivity index (χ1n) is 4.23. The van der Waals surface area contributed by atoms with Gasteiger partial charge in [-0.15, -0.1) is 0 Å². The number of aromatic nitrogens is 2. The van der Waals surface area contributed by atoms with Crippen LogP contribution in [0.2, 0.25) is 0 Å². The van der Waals surface area contributed by atoms with Gasteiger partial charge in [0.2, 0.25) is 5.88 Å². The molecule has 1 heterocycles. The van der Waals surface area contributed by atoms with Crippen molar-refractivity contribution in [3.05, 3.63) is 12.0 Å². The monoisotopic (exact) mass is 177 g/mol. The smallest absolute Gasteiger partial charge is 0.334 e. The molecule has 0 bridgehead atoms. The van der Waals surface area contributed by atoms with Crippen LogP contribution in [0, 0.1) is 0 Å². The van der Waals surface area contributed by atoms with Gasteiger partial charge in [0, 0.05) is 17.1 Å². The maximum atomic E-state index is 9.02. The number of nitrogens with zero attached hydrogens (tertiary/aromatic N) is 2. The third-order valence-electron chi connectivity index (χ3n) is 2.16. The van der Waals surface area contributed by atoms with Gasteiger partial charge in [-0.1, -0.05) is 0 Å². The average molecular weight is 177 g/mol. The van der Waals surface area contributed by atoms with E-state index in [-0.39, 0.29) is 0 Å². The number of methoxy groups -OCH3 is 1. The standard InChI is InChI=1S/C8H10BN2O2/c1-13-8-6(9-12)7(5-2-3-5)10-4-11-8/h4-5,12H,2-3H2,1H3. The van der Waals surface area contributed by atoms with Crippen LogP contribution in [0.25, 0.3) is 0 Å². The number of ether oxygens (including phenoxy) is 1. The minimum absolute atomic E-state index is 0.444. The van der Waals surface area contributed by atoms with Gasteiger partial charge >= 0.3 is 7.48 Å². The van der Waals surface area contributed by atoms with Gasteiger partial charge in [0.05, 0.1) is 7.11 Å². The van der Waals surface area contributed by atoms with Gasteiger partial charge in [-0.3, -0.25) is 0 Å². The van der Waals surface area contributed by atoms with Crippen LogP contribution < -0.4 is 10.2 Å². The lowest BCUT2D eigenvalue weighted by Crippen LogP contribution is -2.23. The molecule has 1 radical (unpaired) electrons. The summed E-state index contributed by atoms with van der Waals surface area (Å²) in [6.45, 7) is 0. The predicted octanol–water partition coefficient (Wildman–Crippen LogP) is -0.401. The largest absolute Gasteiger partial charge is 0.481 e. The molecule has 0 aromatic carbocycles. The summed E-state index contributed by atoms with van der Waals surface area (Å²) < 4.78 is 5.01. The number of hydrogen-bond donors (Lipinski definition) is 1. The summed E-state index contributed by atoms with van der Waals surface area (Å²) in [5, 5.41) is 9.02. The summed E-state index contributed by atoms with van der Waals surface area (Å²) in [7, 11) is 2.55. The lowest BCUT2D eigenvalue weighted by molar-refractivity contribution is 0.399. The van der Waals surface area contributed by atoms with E-state index in [1.807, 2.05) is 0 Å². The molecular formula is C8H10BN2O2. The van der Waals surface area contributed by atoms with Crippen molar-refractivity contribution in [3.8, 4) is 5.88 Å². The Morgan fingerprint density at radius 3 is 2.85 bits per heavy atom. The quantitative estimate of drug-likeness (QED) is 0.638. The second-order valence-corrected chi connectivity index (χ2v) is 3.09. The highest BCUT2D eigenvalue weighted by molar-refractivity contribution is 6.47. The van der Waals surface area contributed by atoms with Crippen molar-refractivity contribution in [2.75, 3.05) is 7.11 Å². The molecule has 13 heavy (non-hydrogen) atoms. The summed E-state index contributed by atoms with van der Waals surface area (Å²) in [6, 6.07) is 0. The maximum Gasteiger partial charge on any atom is 0.334 e. The Balaban J connectivity index is 2.41. The van der Waals surface area contributed by atoms with E-state index in [9.17, 15) is 0 Å². The summed E-state index contributed by atoms with van der Waals surface area (Å²) in [5.74, 6) is 0.926. The van der Waals surface area contributed by atoms with Crippen LogP contribution in [0.3, 0.4) is 0 Å². The summed E-state index contributed by atoms with van der Waals surface area (Å²) in [4.78, 5) is 8.05. The van der Waals surface area contributed by atoms with E-state index in [0.29, 0.717) is 17.3 Å². The summed E-state index contributed by atoms with van der Waals surface area (Å²) in [6.07, 6.45) is 3.75. The van der Waals surface area contributed by atoms with Crippen LogP contribution in [-0.4, -0.2) is 29.6 Å². The van der Waals surface area contributed by atoms with Gasteiger partial charge in [-0.2, -0.15) is 0 Å². The Labute approximate surface area is 77.3 Å². The maximum absolute atomic E-state index is 9.02. The lowest BCUT2D eigenvalue weighted by atomic mass is 9.86. The molecule has 67 valence electrons. The van der Waals surface area contributed by atoms with Gasteiger partial charge < -0.3 is 9.76 Å². The SMILES string of the molecule is COc1ncnc(C2CC2)c1[B]O.